The molecule has 0 bridgehead atoms. The van der Waals surface area contributed by atoms with E-state index < -0.39 is 0 Å². The van der Waals surface area contributed by atoms with Crippen LogP contribution in [0.3, 0.4) is 0 Å². The van der Waals surface area contributed by atoms with Crippen molar-refractivity contribution in [1.82, 2.24) is 0 Å². The number of ether oxygens (including phenoxy) is 2. The fourth-order valence-corrected chi connectivity index (χ4v) is 1.95. The first-order chi connectivity index (χ1) is 9.76. The highest BCUT2D eigenvalue weighted by Crippen LogP contribution is 2.33. The SMILES string of the molecule is CCOc1ccccc1Oc1cccc(F)c1CCN. The van der Waals surface area contributed by atoms with Crippen molar-refractivity contribution in [3.63, 3.8) is 0 Å². The molecular weight excluding hydrogens is 257 g/mol. The molecular formula is C16H18FNO2. The van der Waals surface area contributed by atoms with E-state index in [9.17, 15) is 4.39 Å². The van der Waals surface area contributed by atoms with Gasteiger partial charge in [-0.15, -0.1) is 0 Å². The average Bonchev–Trinajstić information content (AvgIpc) is 2.45. The van der Waals surface area contributed by atoms with E-state index in [0.29, 0.717) is 42.4 Å². The fourth-order valence-electron chi connectivity index (χ4n) is 1.95. The lowest BCUT2D eigenvalue weighted by molar-refractivity contribution is 0.320. The second kappa shape index (κ2) is 6.91. The van der Waals surface area contributed by atoms with Gasteiger partial charge in [-0.2, -0.15) is 0 Å². The molecule has 0 aliphatic rings. The van der Waals surface area contributed by atoms with Crippen molar-refractivity contribution in [2.24, 2.45) is 5.73 Å². The number of nitrogens with two attached hydrogens (primary N) is 1. The van der Waals surface area contributed by atoms with Crippen LogP contribution in [0.5, 0.6) is 17.2 Å². The molecule has 0 radical (unpaired) electrons. The quantitative estimate of drug-likeness (QED) is 0.877. The van der Waals surface area contributed by atoms with Crippen molar-refractivity contribution in [3.05, 3.63) is 53.8 Å². The van der Waals surface area contributed by atoms with Gasteiger partial charge in [0.15, 0.2) is 11.5 Å². The summed E-state index contributed by atoms with van der Waals surface area (Å²) in [6.07, 6.45) is 0.429. The van der Waals surface area contributed by atoms with Gasteiger partial charge in [-0.25, -0.2) is 4.39 Å². The minimum Gasteiger partial charge on any atom is -0.490 e. The summed E-state index contributed by atoms with van der Waals surface area (Å²) in [5.74, 6) is 1.38. The first-order valence-corrected chi connectivity index (χ1v) is 6.63. The molecule has 0 aliphatic heterocycles. The Bertz CT molecular complexity index is 572. The van der Waals surface area contributed by atoms with Gasteiger partial charge in [-0.05, 0) is 44.2 Å². The number of halogens is 1. The molecule has 0 atom stereocenters. The second-order valence-corrected chi connectivity index (χ2v) is 4.24. The molecule has 0 spiro atoms. The fraction of sp³-hybridized carbons (Fsp3) is 0.250. The van der Waals surface area contributed by atoms with Gasteiger partial charge >= 0.3 is 0 Å². The monoisotopic (exact) mass is 275 g/mol. The van der Waals surface area contributed by atoms with Gasteiger partial charge in [0.25, 0.3) is 0 Å². The molecule has 0 aliphatic carbocycles. The minimum absolute atomic E-state index is 0.304. The van der Waals surface area contributed by atoms with Crippen LogP contribution < -0.4 is 15.2 Å². The Morgan fingerprint density at radius 2 is 1.70 bits per heavy atom. The second-order valence-electron chi connectivity index (χ2n) is 4.24. The van der Waals surface area contributed by atoms with Crippen LogP contribution in [-0.2, 0) is 6.42 Å². The first-order valence-electron chi connectivity index (χ1n) is 6.63. The van der Waals surface area contributed by atoms with Crippen LogP contribution in [0.15, 0.2) is 42.5 Å². The predicted octanol–water partition coefficient (Wildman–Crippen LogP) is 3.52. The molecule has 2 aromatic carbocycles. The van der Waals surface area contributed by atoms with Gasteiger partial charge in [-0.3, -0.25) is 0 Å². The highest BCUT2D eigenvalue weighted by Gasteiger charge is 2.12. The summed E-state index contributed by atoms with van der Waals surface area (Å²) in [6, 6.07) is 12.1. The maximum Gasteiger partial charge on any atom is 0.169 e. The minimum atomic E-state index is -0.304. The Labute approximate surface area is 118 Å². The zero-order valence-electron chi connectivity index (χ0n) is 11.4. The van der Waals surface area contributed by atoms with E-state index in [2.05, 4.69) is 0 Å². The molecule has 2 rings (SSSR count). The van der Waals surface area contributed by atoms with Crippen molar-refractivity contribution >= 4 is 0 Å². The van der Waals surface area contributed by atoms with Gasteiger partial charge in [0.1, 0.15) is 11.6 Å². The highest BCUT2D eigenvalue weighted by atomic mass is 19.1. The summed E-state index contributed by atoms with van der Waals surface area (Å²) in [5.41, 5.74) is 6.01. The summed E-state index contributed by atoms with van der Waals surface area (Å²) >= 11 is 0. The van der Waals surface area contributed by atoms with Crippen LogP contribution in [0.25, 0.3) is 0 Å². The molecule has 0 fully saturated rings. The maximum absolute atomic E-state index is 13.8. The van der Waals surface area contributed by atoms with E-state index >= 15 is 0 Å². The lowest BCUT2D eigenvalue weighted by Crippen LogP contribution is -2.06. The van der Waals surface area contributed by atoms with Crippen LogP contribution in [0.4, 0.5) is 4.39 Å². The van der Waals surface area contributed by atoms with Gasteiger partial charge in [-0.1, -0.05) is 18.2 Å². The first kappa shape index (κ1) is 14.3. The number of rotatable bonds is 6. The standard InChI is InChI=1S/C16H18FNO2/c1-2-19-15-7-3-4-8-16(15)20-14-9-5-6-13(17)12(14)10-11-18/h3-9H,2,10-11,18H2,1H3. The van der Waals surface area contributed by atoms with Crippen molar-refractivity contribution in [3.8, 4) is 17.2 Å². The molecule has 2 N–H and O–H groups in total. The van der Waals surface area contributed by atoms with Crippen molar-refractivity contribution in [1.29, 1.82) is 0 Å². The summed E-state index contributed by atoms with van der Waals surface area (Å²) in [4.78, 5) is 0. The van der Waals surface area contributed by atoms with E-state index in [4.69, 9.17) is 15.2 Å². The highest BCUT2D eigenvalue weighted by molar-refractivity contribution is 5.45. The number of para-hydroxylation sites is 2. The molecule has 20 heavy (non-hydrogen) atoms. The zero-order chi connectivity index (χ0) is 14.4. The topological polar surface area (TPSA) is 44.5 Å². The van der Waals surface area contributed by atoms with Gasteiger partial charge < -0.3 is 15.2 Å². The van der Waals surface area contributed by atoms with Crippen LogP contribution in [0.2, 0.25) is 0 Å². The molecule has 4 heteroatoms. The predicted molar refractivity (Wildman–Crippen MR) is 76.8 cm³/mol. The zero-order valence-corrected chi connectivity index (χ0v) is 11.4. The van der Waals surface area contributed by atoms with Crippen LogP contribution in [0.1, 0.15) is 12.5 Å². The van der Waals surface area contributed by atoms with Gasteiger partial charge in [0, 0.05) is 5.56 Å². The molecule has 106 valence electrons. The molecule has 0 unspecified atom stereocenters. The van der Waals surface area contributed by atoms with Crippen molar-refractivity contribution in [2.75, 3.05) is 13.2 Å². The van der Waals surface area contributed by atoms with Crippen molar-refractivity contribution in [2.45, 2.75) is 13.3 Å². The smallest absolute Gasteiger partial charge is 0.169 e. The Balaban J connectivity index is 2.32. The van der Waals surface area contributed by atoms with E-state index in [1.807, 2.05) is 25.1 Å². The van der Waals surface area contributed by atoms with Crippen molar-refractivity contribution < 1.29 is 13.9 Å². The number of benzene rings is 2. The third-order valence-corrected chi connectivity index (χ3v) is 2.84. The third-order valence-electron chi connectivity index (χ3n) is 2.84. The van der Waals surface area contributed by atoms with Gasteiger partial charge in [0.2, 0.25) is 0 Å². The molecule has 0 heterocycles. The van der Waals surface area contributed by atoms with E-state index in [1.165, 1.54) is 6.07 Å². The normalized spacial score (nSPS) is 10.3. The average molecular weight is 275 g/mol. The van der Waals surface area contributed by atoms with Crippen LogP contribution in [-0.4, -0.2) is 13.2 Å². The summed E-state index contributed by atoms with van der Waals surface area (Å²) < 4.78 is 25.1. The Morgan fingerprint density at radius 3 is 2.40 bits per heavy atom. The Kier molecular flexibility index (Phi) is 4.96. The Morgan fingerprint density at radius 1 is 1.00 bits per heavy atom. The third kappa shape index (κ3) is 3.27. The van der Waals surface area contributed by atoms with Crippen LogP contribution >= 0.6 is 0 Å². The van der Waals surface area contributed by atoms with E-state index in [1.54, 1.807) is 18.2 Å². The number of hydrogen-bond acceptors (Lipinski definition) is 3. The molecule has 0 saturated heterocycles. The van der Waals surface area contributed by atoms with E-state index in [-0.39, 0.29) is 5.82 Å². The molecule has 3 nitrogen and oxygen atoms in total. The molecule has 0 amide bonds. The maximum atomic E-state index is 13.8. The van der Waals surface area contributed by atoms with Gasteiger partial charge in [0.05, 0.1) is 6.61 Å². The molecule has 2 aromatic rings. The van der Waals surface area contributed by atoms with Crippen LogP contribution in [0, 0.1) is 5.82 Å². The summed E-state index contributed by atoms with van der Waals surface area (Å²) in [6.45, 7) is 2.81. The van der Waals surface area contributed by atoms with E-state index in [0.717, 1.165) is 0 Å². The molecule has 0 saturated carbocycles. The largest absolute Gasteiger partial charge is 0.490 e. The lowest BCUT2D eigenvalue weighted by Gasteiger charge is -2.14. The molecule has 0 aromatic heterocycles. The summed E-state index contributed by atoms with van der Waals surface area (Å²) in [7, 11) is 0. The summed E-state index contributed by atoms with van der Waals surface area (Å²) in [5, 5.41) is 0. The Hall–Kier alpha value is -2.07. The number of hydrogen-bond donors (Lipinski definition) is 1. The lowest BCUT2D eigenvalue weighted by atomic mass is 10.1.